The third-order valence-electron chi connectivity index (χ3n) is 2.89. The van der Waals surface area contributed by atoms with Gasteiger partial charge in [-0.3, -0.25) is 8.37 Å². The Hall–Kier alpha value is -0.180. The first-order valence-electron chi connectivity index (χ1n) is 6.10. The molecule has 0 saturated heterocycles. The molecule has 18 heavy (non-hydrogen) atoms. The van der Waals surface area contributed by atoms with Gasteiger partial charge in [0, 0.05) is 0 Å². The van der Waals surface area contributed by atoms with E-state index in [2.05, 4.69) is 0 Å². The molecule has 0 aromatic rings. The first-order valence-corrected chi connectivity index (χ1v) is 9.25. The van der Waals surface area contributed by atoms with Gasteiger partial charge in [-0.2, -0.15) is 16.8 Å². The Bertz CT molecular complexity index is 401. The molecule has 0 amide bonds. The summed E-state index contributed by atoms with van der Waals surface area (Å²) in [5.41, 5.74) is 0. The van der Waals surface area contributed by atoms with E-state index in [1.807, 2.05) is 0 Å². The largest absolute Gasteiger partial charge is 0.267 e. The molecule has 0 bridgehead atoms. The summed E-state index contributed by atoms with van der Waals surface area (Å²) in [6, 6.07) is 0. The van der Waals surface area contributed by atoms with E-state index in [0.29, 0.717) is 25.7 Å². The van der Waals surface area contributed by atoms with E-state index < -0.39 is 20.2 Å². The van der Waals surface area contributed by atoms with Crippen molar-refractivity contribution in [1.82, 2.24) is 0 Å². The molecule has 8 heteroatoms. The normalized spacial score (nSPS) is 26.1. The zero-order chi connectivity index (χ0) is 13.8. The maximum atomic E-state index is 11.3. The quantitative estimate of drug-likeness (QED) is 0.681. The Morgan fingerprint density at radius 1 is 0.778 bits per heavy atom. The fraction of sp³-hybridized carbons (Fsp3) is 1.00. The van der Waals surface area contributed by atoms with Crippen molar-refractivity contribution in [2.45, 2.75) is 51.7 Å². The Morgan fingerprint density at radius 3 is 1.28 bits per heavy atom. The van der Waals surface area contributed by atoms with E-state index in [9.17, 15) is 16.8 Å². The topological polar surface area (TPSA) is 86.7 Å². The van der Waals surface area contributed by atoms with E-state index in [1.54, 1.807) is 0 Å². The second-order valence-corrected chi connectivity index (χ2v) is 8.05. The molecule has 1 aliphatic rings. The molecule has 1 saturated carbocycles. The van der Waals surface area contributed by atoms with Crippen LogP contribution in [0.3, 0.4) is 0 Å². The van der Waals surface area contributed by atoms with Crippen LogP contribution in [0.1, 0.15) is 39.5 Å². The third-order valence-corrected chi connectivity index (χ3v) is 5.44. The SMILES string of the molecule is CCS(=O)(=O)OC1CCC(OS(=O)(=O)CC)CC1. The van der Waals surface area contributed by atoms with E-state index >= 15 is 0 Å². The van der Waals surface area contributed by atoms with Crippen molar-refractivity contribution in [3.05, 3.63) is 0 Å². The van der Waals surface area contributed by atoms with Crippen LogP contribution in [-0.4, -0.2) is 40.5 Å². The van der Waals surface area contributed by atoms with Gasteiger partial charge in [-0.1, -0.05) is 0 Å². The maximum Gasteiger partial charge on any atom is 0.267 e. The summed E-state index contributed by atoms with van der Waals surface area (Å²) in [5, 5.41) is 0. The Morgan fingerprint density at radius 2 is 1.06 bits per heavy atom. The minimum Gasteiger partial charge on any atom is -0.267 e. The van der Waals surface area contributed by atoms with E-state index in [-0.39, 0.29) is 23.7 Å². The monoisotopic (exact) mass is 300 g/mol. The maximum absolute atomic E-state index is 11.3. The van der Waals surface area contributed by atoms with Crippen molar-refractivity contribution < 1.29 is 25.2 Å². The van der Waals surface area contributed by atoms with Gasteiger partial charge in [0.15, 0.2) is 0 Å². The Balaban J connectivity index is 2.42. The van der Waals surface area contributed by atoms with Crippen LogP contribution in [0.15, 0.2) is 0 Å². The smallest absolute Gasteiger partial charge is 0.267 e. The standard InChI is InChI=1S/C10H20O6S2/c1-3-17(11,12)15-9-5-7-10(8-6-9)16-18(13,14)4-2/h9-10H,3-8H2,1-2H3. The molecule has 0 heterocycles. The first kappa shape index (κ1) is 15.9. The van der Waals surface area contributed by atoms with Crippen LogP contribution in [0.4, 0.5) is 0 Å². The lowest BCUT2D eigenvalue weighted by Crippen LogP contribution is -2.30. The van der Waals surface area contributed by atoms with Crippen molar-refractivity contribution in [3.63, 3.8) is 0 Å². The second kappa shape index (κ2) is 6.31. The van der Waals surface area contributed by atoms with Gasteiger partial charge in [-0.05, 0) is 39.5 Å². The van der Waals surface area contributed by atoms with Crippen LogP contribution >= 0.6 is 0 Å². The van der Waals surface area contributed by atoms with Gasteiger partial charge < -0.3 is 0 Å². The predicted molar refractivity (Wildman–Crippen MR) is 67.1 cm³/mol. The zero-order valence-corrected chi connectivity index (χ0v) is 12.3. The average molecular weight is 300 g/mol. The van der Waals surface area contributed by atoms with E-state index in [1.165, 1.54) is 13.8 Å². The van der Waals surface area contributed by atoms with Gasteiger partial charge in [0.2, 0.25) is 0 Å². The minimum atomic E-state index is -3.44. The summed E-state index contributed by atoms with van der Waals surface area (Å²) in [4.78, 5) is 0. The van der Waals surface area contributed by atoms with Gasteiger partial charge in [0.1, 0.15) is 0 Å². The molecular weight excluding hydrogens is 280 g/mol. The minimum absolute atomic E-state index is 0.0480. The average Bonchev–Trinajstić information content (AvgIpc) is 2.31. The number of hydrogen-bond donors (Lipinski definition) is 0. The molecular formula is C10H20O6S2. The molecule has 1 aliphatic carbocycles. The molecule has 108 valence electrons. The van der Waals surface area contributed by atoms with Crippen molar-refractivity contribution in [2.75, 3.05) is 11.5 Å². The highest BCUT2D eigenvalue weighted by molar-refractivity contribution is 7.86. The zero-order valence-electron chi connectivity index (χ0n) is 10.7. The number of rotatable bonds is 6. The van der Waals surface area contributed by atoms with Crippen LogP contribution in [0.5, 0.6) is 0 Å². The molecule has 0 spiro atoms. The highest BCUT2D eigenvalue weighted by Crippen LogP contribution is 2.25. The Labute approximate surface area is 109 Å². The molecule has 0 N–H and O–H groups in total. The van der Waals surface area contributed by atoms with Crippen molar-refractivity contribution in [1.29, 1.82) is 0 Å². The molecule has 1 rings (SSSR count). The van der Waals surface area contributed by atoms with Crippen molar-refractivity contribution in [3.8, 4) is 0 Å². The lowest BCUT2D eigenvalue weighted by atomic mass is 9.95. The summed E-state index contributed by atoms with van der Waals surface area (Å²) in [7, 11) is -6.87. The van der Waals surface area contributed by atoms with E-state index in [0.717, 1.165) is 0 Å². The van der Waals surface area contributed by atoms with Crippen LogP contribution in [0.2, 0.25) is 0 Å². The van der Waals surface area contributed by atoms with Gasteiger partial charge in [0.05, 0.1) is 23.7 Å². The molecule has 1 fully saturated rings. The number of hydrogen-bond acceptors (Lipinski definition) is 6. The van der Waals surface area contributed by atoms with Crippen molar-refractivity contribution in [2.24, 2.45) is 0 Å². The fourth-order valence-electron chi connectivity index (χ4n) is 1.78. The molecule has 6 nitrogen and oxygen atoms in total. The third kappa shape index (κ3) is 5.21. The molecule has 0 aromatic carbocycles. The summed E-state index contributed by atoms with van der Waals surface area (Å²) in [6.45, 7) is 3.05. The van der Waals surface area contributed by atoms with Crippen LogP contribution in [0, 0.1) is 0 Å². The van der Waals surface area contributed by atoms with Gasteiger partial charge >= 0.3 is 0 Å². The summed E-state index contributed by atoms with van der Waals surface area (Å²) < 4.78 is 55.1. The van der Waals surface area contributed by atoms with Gasteiger partial charge in [-0.15, -0.1) is 0 Å². The lowest BCUT2D eigenvalue weighted by molar-refractivity contribution is 0.0881. The highest BCUT2D eigenvalue weighted by Gasteiger charge is 2.28. The predicted octanol–water partition coefficient (Wildman–Crippen LogP) is 1.03. The van der Waals surface area contributed by atoms with Crippen molar-refractivity contribution >= 4 is 20.2 Å². The lowest BCUT2D eigenvalue weighted by Gasteiger charge is -2.27. The Kier molecular flexibility index (Phi) is 5.57. The first-order chi connectivity index (χ1) is 8.28. The molecule has 0 aromatic heterocycles. The van der Waals surface area contributed by atoms with Crippen LogP contribution < -0.4 is 0 Å². The second-order valence-electron chi connectivity index (χ2n) is 4.28. The van der Waals surface area contributed by atoms with E-state index in [4.69, 9.17) is 8.37 Å². The molecule has 0 aliphatic heterocycles. The van der Waals surface area contributed by atoms with Gasteiger partial charge in [0.25, 0.3) is 20.2 Å². The van der Waals surface area contributed by atoms with Crippen LogP contribution in [0.25, 0.3) is 0 Å². The van der Waals surface area contributed by atoms with Crippen LogP contribution in [-0.2, 0) is 28.6 Å². The summed E-state index contributed by atoms with van der Waals surface area (Å²) >= 11 is 0. The molecule has 0 unspecified atom stereocenters. The van der Waals surface area contributed by atoms with Gasteiger partial charge in [-0.25, -0.2) is 0 Å². The fourth-order valence-corrected chi connectivity index (χ4v) is 3.26. The summed E-state index contributed by atoms with van der Waals surface area (Å²) in [6.07, 6.45) is 1.32. The highest BCUT2D eigenvalue weighted by atomic mass is 32.2. The molecule has 0 radical (unpaired) electrons. The molecule has 0 atom stereocenters. The summed E-state index contributed by atoms with van der Waals surface area (Å²) in [5.74, 6) is -0.0959.